The standard InChI is InChI=1S/C20H27N5O/c1-14-18(19(24-23-14)15-7-8-15)20(26)22-13-17(16-6-5-9-21-12-16)25-10-3-2-4-11-25/h5-6,9,12,15,17H,2-4,7-8,10-11,13H2,1H3,(H,22,26)(H,23,24)/t17-/m0/s1. The van der Waals surface area contributed by atoms with E-state index in [2.05, 4.69) is 31.5 Å². The minimum absolute atomic E-state index is 0.0101. The average Bonchev–Trinajstić information content (AvgIpc) is 3.45. The van der Waals surface area contributed by atoms with Gasteiger partial charge in [0.05, 0.1) is 17.3 Å². The number of nitrogens with one attached hydrogen (secondary N) is 2. The number of aryl methyl sites for hydroxylation is 1. The Morgan fingerprint density at radius 3 is 2.85 bits per heavy atom. The molecule has 0 unspecified atom stereocenters. The van der Waals surface area contributed by atoms with Crippen molar-refractivity contribution < 1.29 is 4.79 Å². The highest BCUT2D eigenvalue weighted by Gasteiger charge is 2.32. The van der Waals surface area contributed by atoms with Gasteiger partial charge in [0.15, 0.2) is 0 Å². The topological polar surface area (TPSA) is 73.9 Å². The van der Waals surface area contributed by atoms with Crippen LogP contribution in [0.4, 0.5) is 0 Å². The normalized spacial score (nSPS) is 19.3. The highest BCUT2D eigenvalue weighted by atomic mass is 16.1. The number of carbonyl (C=O) groups is 1. The number of rotatable bonds is 6. The third-order valence-electron chi connectivity index (χ3n) is 5.52. The van der Waals surface area contributed by atoms with Crippen molar-refractivity contribution in [3.63, 3.8) is 0 Å². The Balaban J connectivity index is 1.49. The van der Waals surface area contributed by atoms with Gasteiger partial charge in [-0.25, -0.2) is 0 Å². The molecule has 2 aromatic rings. The van der Waals surface area contributed by atoms with E-state index < -0.39 is 0 Å². The number of pyridine rings is 1. The Kier molecular flexibility index (Phi) is 5.02. The summed E-state index contributed by atoms with van der Waals surface area (Å²) in [7, 11) is 0. The molecule has 26 heavy (non-hydrogen) atoms. The molecule has 1 aliphatic heterocycles. The lowest BCUT2D eigenvalue weighted by atomic mass is 10.0. The van der Waals surface area contributed by atoms with Gasteiger partial charge in [-0.1, -0.05) is 12.5 Å². The number of H-pyrrole nitrogens is 1. The number of amides is 1. The molecule has 0 spiro atoms. The van der Waals surface area contributed by atoms with Crippen molar-refractivity contribution in [3.05, 3.63) is 47.0 Å². The summed E-state index contributed by atoms with van der Waals surface area (Å²) in [5.74, 6) is 0.445. The van der Waals surface area contributed by atoms with Crippen LogP contribution in [0.1, 0.15) is 71.4 Å². The van der Waals surface area contributed by atoms with Crippen molar-refractivity contribution in [2.24, 2.45) is 0 Å². The quantitative estimate of drug-likeness (QED) is 0.837. The molecule has 2 fully saturated rings. The first-order valence-corrected chi connectivity index (χ1v) is 9.71. The zero-order valence-electron chi connectivity index (χ0n) is 15.4. The summed E-state index contributed by atoms with van der Waals surface area (Å²) in [6.07, 6.45) is 9.72. The van der Waals surface area contributed by atoms with Crippen molar-refractivity contribution in [2.75, 3.05) is 19.6 Å². The lowest BCUT2D eigenvalue weighted by Gasteiger charge is -2.34. The molecule has 1 aliphatic carbocycles. The minimum atomic E-state index is -0.0101. The summed E-state index contributed by atoms with van der Waals surface area (Å²) >= 11 is 0. The molecular formula is C20H27N5O. The maximum Gasteiger partial charge on any atom is 0.255 e. The molecular weight excluding hydrogens is 326 g/mol. The predicted molar refractivity (Wildman–Crippen MR) is 100 cm³/mol. The van der Waals surface area contributed by atoms with E-state index in [0.29, 0.717) is 12.5 Å². The SMILES string of the molecule is Cc1[nH]nc(C2CC2)c1C(=O)NC[C@@H](c1cccnc1)N1CCCCC1. The van der Waals surface area contributed by atoms with Crippen LogP contribution in [0.5, 0.6) is 0 Å². The Hall–Kier alpha value is -2.21. The van der Waals surface area contributed by atoms with Gasteiger partial charge in [-0.3, -0.25) is 19.8 Å². The molecule has 3 heterocycles. The first-order valence-electron chi connectivity index (χ1n) is 9.71. The molecule has 2 N–H and O–H groups in total. The monoisotopic (exact) mass is 353 g/mol. The molecule has 0 aromatic carbocycles. The predicted octanol–water partition coefficient (Wildman–Crippen LogP) is 2.95. The van der Waals surface area contributed by atoms with Crippen LogP contribution in [0.15, 0.2) is 24.5 Å². The number of carbonyl (C=O) groups excluding carboxylic acids is 1. The molecule has 1 saturated carbocycles. The van der Waals surface area contributed by atoms with E-state index in [-0.39, 0.29) is 11.9 Å². The lowest BCUT2D eigenvalue weighted by molar-refractivity contribution is 0.0923. The molecule has 1 amide bonds. The van der Waals surface area contributed by atoms with E-state index in [0.717, 1.165) is 42.9 Å². The van der Waals surface area contributed by atoms with Crippen LogP contribution in [0.25, 0.3) is 0 Å². The molecule has 4 rings (SSSR count). The van der Waals surface area contributed by atoms with Crippen molar-refractivity contribution >= 4 is 5.91 Å². The van der Waals surface area contributed by atoms with Gasteiger partial charge in [0.25, 0.3) is 5.91 Å². The number of hydrogen-bond acceptors (Lipinski definition) is 4. The second kappa shape index (κ2) is 7.58. The minimum Gasteiger partial charge on any atom is -0.350 e. The molecule has 0 bridgehead atoms. The molecule has 1 atom stereocenters. The third-order valence-corrected chi connectivity index (χ3v) is 5.52. The highest BCUT2D eigenvalue weighted by molar-refractivity contribution is 5.96. The third kappa shape index (κ3) is 3.65. The van der Waals surface area contributed by atoms with Crippen LogP contribution in [0.2, 0.25) is 0 Å². The zero-order valence-corrected chi connectivity index (χ0v) is 15.4. The molecule has 138 valence electrons. The van der Waals surface area contributed by atoms with Crippen LogP contribution < -0.4 is 5.32 Å². The molecule has 2 aliphatic rings. The highest BCUT2D eigenvalue weighted by Crippen LogP contribution is 2.41. The van der Waals surface area contributed by atoms with Crippen molar-refractivity contribution in [3.8, 4) is 0 Å². The number of aromatic nitrogens is 3. The van der Waals surface area contributed by atoms with Gasteiger partial charge in [-0.15, -0.1) is 0 Å². The van der Waals surface area contributed by atoms with Gasteiger partial charge in [0.1, 0.15) is 0 Å². The fourth-order valence-electron chi connectivity index (χ4n) is 3.93. The Morgan fingerprint density at radius 1 is 1.35 bits per heavy atom. The maximum absolute atomic E-state index is 12.9. The Morgan fingerprint density at radius 2 is 2.15 bits per heavy atom. The van der Waals surface area contributed by atoms with E-state index in [4.69, 9.17) is 0 Å². The van der Waals surface area contributed by atoms with Crippen molar-refractivity contribution in [2.45, 2.75) is 51.0 Å². The first-order chi connectivity index (χ1) is 12.7. The fourth-order valence-corrected chi connectivity index (χ4v) is 3.93. The Labute approximate surface area is 154 Å². The maximum atomic E-state index is 12.9. The van der Waals surface area contributed by atoms with E-state index in [1.54, 1.807) is 6.20 Å². The summed E-state index contributed by atoms with van der Waals surface area (Å²) in [6.45, 7) is 4.68. The fraction of sp³-hybridized carbons (Fsp3) is 0.550. The average molecular weight is 353 g/mol. The van der Waals surface area contributed by atoms with Gasteiger partial charge in [0.2, 0.25) is 0 Å². The van der Waals surface area contributed by atoms with E-state index in [9.17, 15) is 4.79 Å². The number of piperidine rings is 1. The van der Waals surface area contributed by atoms with Crippen molar-refractivity contribution in [1.82, 2.24) is 25.4 Å². The van der Waals surface area contributed by atoms with Gasteiger partial charge >= 0.3 is 0 Å². The zero-order chi connectivity index (χ0) is 17.9. The number of likely N-dealkylation sites (tertiary alicyclic amines) is 1. The van der Waals surface area contributed by atoms with Gasteiger partial charge in [-0.2, -0.15) is 5.10 Å². The Bertz CT molecular complexity index is 747. The summed E-state index contributed by atoms with van der Waals surface area (Å²) in [5, 5.41) is 10.5. The van der Waals surface area contributed by atoms with Crippen LogP contribution in [0.3, 0.4) is 0 Å². The molecule has 0 radical (unpaired) electrons. The second-order valence-corrected chi connectivity index (χ2v) is 7.49. The van der Waals surface area contributed by atoms with Crippen LogP contribution in [-0.2, 0) is 0 Å². The van der Waals surface area contributed by atoms with E-state index in [1.165, 1.54) is 24.8 Å². The van der Waals surface area contributed by atoms with Gasteiger partial charge < -0.3 is 5.32 Å². The van der Waals surface area contributed by atoms with Crippen LogP contribution >= 0.6 is 0 Å². The van der Waals surface area contributed by atoms with Gasteiger partial charge in [-0.05, 0) is 57.3 Å². The summed E-state index contributed by atoms with van der Waals surface area (Å²) in [4.78, 5) is 19.7. The van der Waals surface area contributed by atoms with E-state index in [1.807, 2.05) is 19.2 Å². The lowest BCUT2D eigenvalue weighted by Crippen LogP contribution is -2.40. The number of aromatic amines is 1. The van der Waals surface area contributed by atoms with Gasteiger partial charge in [0, 0.05) is 30.6 Å². The summed E-state index contributed by atoms with van der Waals surface area (Å²) < 4.78 is 0. The van der Waals surface area contributed by atoms with Crippen molar-refractivity contribution in [1.29, 1.82) is 0 Å². The molecule has 2 aromatic heterocycles. The summed E-state index contributed by atoms with van der Waals surface area (Å²) in [6, 6.07) is 4.25. The van der Waals surface area contributed by atoms with Crippen LogP contribution in [-0.4, -0.2) is 45.6 Å². The first kappa shape index (κ1) is 17.2. The largest absolute Gasteiger partial charge is 0.350 e. The second-order valence-electron chi connectivity index (χ2n) is 7.49. The number of hydrogen-bond donors (Lipinski definition) is 2. The molecule has 6 heteroatoms. The van der Waals surface area contributed by atoms with Crippen LogP contribution in [0, 0.1) is 6.92 Å². The smallest absolute Gasteiger partial charge is 0.255 e. The van der Waals surface area contributed by atoms with E-state index >= 15 is 0 Å². The molecule has 1 saturated heterocycles. The number of nitrogens with zero attached hydrogens (tertiary/aromatic N) is 3. The summed E-state index contributed by atoms with van der Waals surface area (Å²) in [5.41, 5.74) is 3.72. The molecule has 6 nitrogen and oxygen atoms in total.